The number of phenols is 1. The van der Waals surface area contributed by atoms with Crippen LogP contribution in [0.4, 0.5) is 13.2 Å². The monoisotopic (exact) mass is 459 g/mol. The first-order chi connectivity index (χ1) is 14.1. The predicted molar refractivity (Wildman–Crippen MR) is 103 cm³/mol. The van der Waals surface area contributed by atoms with E-state index in [0.717, 1.165) is 25.0 Å². The summed E-state index contributed by atoms with van der Waals surface area (Å²) in [6.07, 6.45) is 0.337. The lowest BCUT2D eigenvalue weighted by molar-refractivity contribution is 0.0400. The molecule has 2 aromatic rings. The van der Waals surface area contributed by atoms with Gasteiger partial charge in [0.25, 0.3) is 5.91 Å². The number of rotatable bonds is 5. The van der Waals surface area contributed by atoms with E-state index in [-0.39, 0.29) is 40.7 Å². The topological polar surface area (TPSA) is 74.7 Å². The van der Waals surface area contributed by atoms with Crippen LogP contribution in [0.1, 0.15) is 40.2 Å². The summed E-state index contributed by atoms with van der Waals surface area (Å²) in [7, 11) is -4.35. The molecule has 5 nitrogen and oxygen atoms in total. The molecule has 2 fully saturated rings. The van der Waals surface area contributed by atoms with Gasteiger partial charge >= 0.3 is 0 Å². The summed E-state index contributed by atoms with van der Waals surface area (Å²) in [4.78, 5) is 12.9. The van der Waals surface area contributed by atoms with E-state index in [1.165, 1.54) is 11.0 Å². The molecule has 1 aliphatic carbocycles. The first kappa shape index (κ1) is 21.0. The standard InChI is InChI=1S/C20H17ClF3NO4S/c21-15-4-11(20(27)25-7-13(22)8-25)5-18(19(15)26)30(28,29)9-12-3-14(10-1-2-10)17(24)6-16(12)23/h3-6,10,13,26H,1-2,7-9H2. The van der Waals surface area contributed by atoms with Crippen LogP contribution in [0.5, 0.6) is 5.75 Å². The molecule has 0 atom stereocenters. The van der Waals surface area contributed by atoms with Gasteiger partial charge in [0, 0.05) is 17.2 Å². The van der Waals surface area contributed by atoms with Crippen LogP contribution in [0.3, 0.4) is 0 Å². The van der Waals surface area contributed by atoms with Gasteiger partial charge in [-0.2, -0.15) is 0 Å². The molecule has 30 heavy (non-hydrogen) atoms. The van der Waals surface area contributed by atoms with Crippen molar-refractivity contribution in [1.82, 2.24) is 4.90 Å². The van der Waals surface area contributed by atoms with Gasteiger partial charge in [-0.1, -0.05) is 11.6 Å². The van der Waals surface area contributed by atoms with E-state index >= 15 is 0 Å². The van der Waals surface area contributed by atoms with Gasteiger partial charge in [0.15, 0.2) is 15.6 Å². The molecule has 0 aromatic heterocycles. The van der Waals surface area contributed by atoms with E-state index in [1.54, 1.807) is 0 Å². The SMILES string of the molecule is O=C(c1cc(Cl)c(O)c(S(=O)(=O)Cc2cc(C3CC3)c(F)cc2F)c1)N1CC(F)C1. The van der Waals surface area contributed by atoms with E-state index in [0.29, 0.717) is 6.07 Å². The van der Waals surface area contributed by atoms with Gasteiger partial charge < -0.3 is 10.0 Å². The van der Waals surface area contributed by atoms with Crippen molar-refractivity contribution in [1.29, 1.82) is 0 Å². The minimum absolute atomic E-state index is 0.0632. The minimum Gasteiger partial charge on any atom is -0.505 e. The van der Waals surface area contributed by atoms with Crippen molar-refractivity contribution in [2.75, 3.05) is 13.1 Å². The maximum Gasteiger partial charge on any atom is 0.254 e. The van der Waals surface area contributed by atoms with E-state index < -0.39 is 49.9 Å². The number of amides is 1. The molecule has 0 spiro atoms. The Kier molecular flexibility index (Phi) is 5.22. The molecule has 1 N–H and O–H groups in total. The Morgan fingerprint density at radius 3 is 2.40 bits per heavy atom. The second-order valence-corrected chi connectivity index (χ2v) is 9.98. The summed E-state index contributed by atoms with van der Waals surface area (Å²) < 4.78 is 67.1. The van der Waals surface area contributed by atoms with Crippen LogP contribution in [0, 0.1) is 11.6 Å². The molecule has 4 rings (SSSR count). The summed E-state index contributed by atoms with van der Waals surface area (Å²) in [5, 5.41) is 9.81. The Balaban J connectivity index is 1.69. The fourth-order valence-electron chi connectivity index (χ4n) is 3.42. The molecule has 0 unspecified atom stereocenters. The van der Waals surface area contributed by atoms with Crippen LogP contribution in [-0.2, 0) is 15.6 Å². The fourth-order valence-corrected chi connectivity index (χ4v) is 5.19. The van der Waals surface area contributed by atoms with Crippen LogP contribution in [-0.4, -0.2) is 43.6 Å². The van der Waals surface area contributed by atoms with Crippen molar-refractivity contribution in [3.8, 4) is 5.75 Å². The van der Waals surface area contributed by atoms with E-state index in [4.69, 9.17) is 11.6 Å². The maximum atomic E-state index is 14.3. The van der Waals surface area contributed by atoms with Gasteiger partial charge in [0.2, 0.25) is 0 Å². The number of likely N-dealkylation sites (tertiary alicyclic amines) is 1. The van der Waals surface area contributed by atoms with E-state index in [2.05, 4.69) is 0 Å². The fraction of sp³-hybridized carbons (Fsp3) is 0.350. The zero-order valence-electron chi connectivity index (χ0n) is 15.5. The van der Waals surface area contributed by atoms with Crippen molar-refractivity contribution in [2.45, 2.75) is 35.6 Å². The molecule has 1 saturated carbocycles. The van der Waals surface area contributed by atoms with Gasteiger partial charge in [0.1, 0.15) is 22.7 Å². The molecule has 160 valence electrons. The number of hydrogen-bond acceptors (Lipinski definition) is 4. The van der Waals surface area contributed by atoms with E-state index in [9.17, 15) is 31.5 Å². The highest BCUT2D eigenvalue weighted by Gasteiger charge is 2.33. The number of carbonyl (C=O) groups excluding carboxylic acids is 1. The minimum atomic E-state index is -4.35. The van der Waals surface area contributed by atoms with Crippen molar-refractivity contribution >= 4 is 27.3 Å². The molecular formula is C20H17ClF3NO4S. The van der Waals surface area contributed by atoms with E-state index in [1.807, 2.05) is 0 Å². The number of hydrogen-bond donors (Lipinski definition) is 1. The highest BCUT2D eigenvalue weighted by Crippen LogP contribution is 2.42. The third kappa shape index (κ3) is 3.88. The number of nitrogens with zero attached hydrogens (tertiary/aromatic N) is 1. The number of phenolic OH excluding ortho intramolecular Hbond substituents is 1. The molecule has 1 aliphatic heterocycles. The zero-order chi connectivity index (χ0) is 21.8. The number of halogens is 4. The Morgan fingerprint density at radius 1 is 1.13 bits per heavy atom. The highest BCUT2D eigenvalue weighted by atomic mass is 35.5. The third-order valence-corrected chi connectivity index (χ3v) is 7.22. The molecular weight excluding hydrogens is 443 g/mol. The van der Waals surface area contributed by atoms with Gasteiger partial charge in [-0.25, -0.2) is 21.6 Å². The number of alkyl halides is 1. The van der Waals surface area contributed by atoms with Crippen LogP contribution in [0.25, 0.3) is 0 Å². The molecule has 2 aliphatic rings. The van der Waals surface area contributed by atoms with Crippen molar-refractivity contribution in [3.63, 3.8) is 0 Å². The summed E-state index contributed by atoms with van der Waals surface area (Å²) >= 11 is 5.91. The zero-order valence-corrected chi connectivity index (χ0v) is 17.1. The molecule has 10 heteroatoms. The Hall–Kier alpha value is -2.26. The molecule has 1 heterocycles. The lowest BCUT2D eigenvalue weighted by Crippen LogP contribution is -2.51. The smallest absolute Gasteiger partial charge is 0.254 e. The quantitative estimate of drug-likeness (QED) is 0.734. The predicted octanol–water partition coefficient (Wildman–Crippen LogP) is 3.97. The van der Waals surface area contributed by atoms with Crippen LogP contribution < -0.4 is 0 Å². The van der Waals surface area contributed by atoms with Gasteiger partial charge in [-0.3, -0.25) is 4.79 Å². The van der Waals surface area contributed by atoms with Crippen LogP contribution in [0.15, 0.2) is 29.2 Å². The second-order valence-electron chi connectivity index (χ2n) is 7.61. The van der Waals surface area contributed by atoms with Crippen LogP contribution >= 0.6 is 11.6 Å². The third-order valence-electron chi connectivity index (χ3n) is 5.26. The largest absolute Gasteiger partial charge is 0.505 e. The van der Waals surface area contributed by atoms with Gasteiger partial charge in [-0.05, 0) is 42.5 Å². The van der Waals surface area contributed by atoms with Crippen molar-refractivity contribution in [2.24, 2.45) is 0 Å². The molecule has 1 amide bonds. The van der Waals surface area contributed by atoms with Crippen molar-refractivity contribution in [3.05, 3.63) is 57.6 Å². The highest BCUT2D eigenvalue weighted by molar-refractivity contribution is 7.90. The Labute approximate surface area is 176 Å². The number of sulfone groups is 1. The summed E-state index contributed by atoms with van der Waals surface area (Å²) in [6, 6.07) is 3.87. The van der Waals surface area contributed by atoms with Crippen LogP contribution in [0.2, 0.25) is 5.02 Å². The Morgan fingerprint density at radius 2 is 1.80 bits per heavy atom. The maximum absolute atomic E-state index is 14.3. The molecule has 0 bridgehead atoms. The lowest BCUT2D eigenvalue weighted by atomic mass is 10.1. The van der Waals surface area contributed by atoms with Gasteiger partial charge in [0.05, 0.1) is 23.9 Å². The summed E-state index contributed by atoms with van der Waals surface area (Å²) in [5.74, 6) is -4.07. The molecule has 1 saturated heterocycles. The molecule has 0 radical (unpaired) electrons. The first-order valence-corrected chi connectivity index (χ1v) is 11.3. The first-order valence-electron chi connectivity index (χ1n) is 9.23. The van der Waals surface area contributed by atoms with Gasteiger partial charge in [-0.15, -0.1) is 0 Å². The average molecular weight is 460 g/mol. The number of benzene rings is 2. The Bertz CT molecular complexity index is 1150. The molecule has 2 aromatic carbocycles. The average Bonchev–Trinajstić information content (AvgIpc) is 3.47. The summed E-state index contributed by atoms with van der Waals surface area (Å²) in [6.45, 7) is -0.242. The number of carbonyl (C=O) groups is 1. The second kappa shape index (κ2) is 7.46. The summed E-state index contributed by atoms with van der Waals surface area (Å²) in [5.41, 5.74) is -0.124. The lowest BCUT2D eigenvalue weighted by Gasteiger charge is -2.34. The normalized spacial score (nSPS) is 17.1. The van der Waals surface area contributed by atoms with Crippen molar-refractivity contribution < 1.29 is 31.5 Å². The number of aromatic hydroxyl groups is 1.